The van der Waals surface area contributed by atoms with E-state index in [-0.39, 0.29) is 11.3 Å². The van der Waals surface area contributed by atoms with Gasteiger partial charge in [-0.2, -0.15) is 4.39 Å². The molecule has 9 heteroatoms. The Labute approximate surface area is 180 Å². The van der Waals surface area contributed by atoms with E-state index in [1.807, 2.05) is 11.8 Å². The fourth-order valence-corrected chi connectivity index (χ4v) is 4.27. The fraction of sp³-hybridized carbons (Fsp3) is 0.455. The molecule has 31 heavy (non-hydrogen) atoms. The minimum absolute atomic E-state index is 0.0745. The maximum absolute atomic E-state index is 14.5. The standard InChI is InChI=1S/C22H27FN6O2/c1-3-16-22(31)27-18(13-25-16)14-4-5-15(12-14)28-8-10-29(11-9-28)19-7-6-17(21(30)24-2)26-20(19)23/h6-7,12-13,15H,3-5,8-11H2,1-2H3,(H,24,30)(H,27,31). The molecule has 2 aliphatic rings. The van der Waals surface area contributed by atoms with Crippen LogP contribution in [0.25, 0.3) is 5.57 Å². The first kappa shape index (κ1) is 21.2. The van der Waals surface area contributed by atoms with E-state index in [1.54, 1.807) is 18.3 Å². The van der Waals surface area contributed by atoms with Gasteiger partial charge in [-0.1, -0.05) is 13.0 Å². The van der Waals surface area contributed by atoms with Crippen molar-refractivity contribution in [2.24, 2.45) is 0 Å². The third-order valence-corrected chi connectivity index (χ3v) is 6.06. The minimum Gasteiger partial charge on any atom is -0.365 e. The second-order valence-corrected chi connectivity index (χ2v) is 7.83. The molecule has 0 spiro atoms. The molecule has 164 valence electrons. The number of nitrogens with zero attached hydrogens (tertiary/aromatic N) is 4. The van der Waals surface area contributed by atoms with E-state index in [0.29, 0.717) is 36.9 Å². The number of rotatable bonds is 5. The van der Waals surface area contributed by atoms with Gasteiger partial charge in [-0.3, -0.25) is 19.5 Å². The summed E-state index contributed by atoms with van der Waals surface area (Å²) in [4.78, 5) is 39.1. The molecular weight excluding hydrogens is 399 g/mol. The predicted octanol–water partition coefficient (Wildman–Crippen LogP) is 1.59. The van der Waals surface area contributed by atoms with Gasteiger partial charge in [-0.05, 0) is 37.0 Å². The lowest BCUT2D eigenvalue weighted by atomic mass is 10.1. The number of halogens is 1. The first-order valence-electron chi connectivity index (χ1n) is 10.7. The highest BCUT2D eigenvalue weighted by molar-refractivity contribution is 5.92. The molecule has 1 atom stereocenters. The zero-order valence-electron chi connectivity index (χ0n) is 17.8. The van der Waals surface area contributed by atoms with Gasteiger partial charge in [0.2, 0.25) is 5.95 Å². The van der Waals surface area contributed by atoms with Crippen molar-refractivity contribution in [2.45, 2.75) is 32.2 Å². The van der Waals surface area contributed by atoms with Crippen LogP contribution in [0.3, 0.4) is 0 Å². The number of hydrogen-bond acceptors (Lipinski definition) is 6. The Hall–Kier alpha value is -3.07. The van der Waals surface area contributed by atoms with Gasteiger partial charge in [-0.25, -0.2) is 4.98 Å². The van der Waals surface area contributed by atoms with E-state index < -0.39 is 11.9 Å². The molecule has 0 saturated carbocycles. The van der Waals surface area contributed by atoms with Crippen molar-refractivity contribution in [1.82, 2.24) is 25.2 Å². The SMILES string of the molecule is CCc1ncc(C2=CC(N3CCN(c4ccc(C(=O)NC)nc4F)CC3)CC2)[nH]c1=O. The fourth-order valence-electron chi connectivity index (χ4n) is 4.27. The van der Waals surface area contributed by atoms with Crippen LogP contribution < -0.4 is 15.8 Å². The number of aromatic nitrogens is 3. The lowest BCUT2D eigenvalue weighted by Crippen LogP contribution is -2.49. The molecular formula is C22H27FN6O2. The molecule has 8 nitrogen and oxygen atoms in total. The molecule has 2 aromatic rings. The molecule has 1 saturated heterocycles. The maximum atomic E-state index is 14.5. The van der Waals surface area contributed by atoms with Crippen LogP contribution in [0.4, 0.5) is 10.1 Å². The highest BCUT2D eigenvalue weighted by atomic mass is 19.1. The molecule has 4 rings (SSSR count). The average molecular weight is 426 g/mol. The molecule has 2 aromatic heterocycles. The minimum atomic E-state index is -0.621. The third-order valence-electron chi connectivity index (χ3n) is 6.06. The number of amides is 1. The summed E-state index contributed by atoms with van der Waals surface area (Å²) in [5, 5.41) is 2.45. The second kappa shape index (κ2) is 8.97. The van der Waals surface area contributed by atoms with Gasteiger partial charge in [0.15, 0.2) is 0 Å². The highest BCUT2D eigenvalue weighted by Crippen LogP contribution is 2.30. The van der Waals surface area contributed by atoms with Crippen molar-refractivity contribution < 1.29 is 9.18 Å². The summed E-state index contributed by atoms with van der Waals surface area (Å²) >= 11 is 0. The lowest BCUT2D eigenvalue weighted by Gasteiger charge is -2.38. The number of carbonyl (C=O) groups is 1. The first-order chi connectivity index (χ1) is 15.0. The summed E-state index contributed by atoms with van der Waals surface area (Å²) in [6.07, 6.45) is 6.47. The van der Waals surface area contributed by atoms with Gasteiger partial charge in [0.1, 0.15) is 11.4 Å². The summed E-state index contributed by atoms with van der Waals surface area (Å²) in [5.74, 6) is -1.02. The molecule has 0 radical (unpaired) electrons. The molecule has 3 heterocycles. The Bertz CT molecular complexity index is 1060. The van der Waals surface area contributed by atoms with Crippen LogP contribution in [0.5, 0.6) is 0 Å². The van der Waals surface area contributed by atoms with Crippen LogP contribution in [0.15, 0.2) is 29.2 Å². The molecule has 0 aromatic carbocycles. The van der Waals surface area contributed by atoms with Crippen molar-refractivity contribution in [3.63, 3.8) is 0 Å². The number of H-pyrrole nitrogens is 1. The van der Waals surface area contributed by atoms with Crippen LogP contribution in [-0.2, 0) is 6.42 Å². The smallest absolute Gasteiger partial charge is 0.270 e. The van der Waals surface area contributed by atoms with Crippen molar-refractivity contribution in [3.8, 4) is 0 Å². The number of nitrogens with one attached hydrogen (secondary N) is 2. The molecule has 0 bridgehead atoms. The van der Waals surface area contributed by atoms with Crippen LogP contribution in [0, 0.1) is 5.95 Å². The molecule has 2 N–H and O–H groups in total. The van der Waals surface area contributed by atoms with Gasteiger partial charge < -0.3 is 15.2 Å². The van der Waals surface area contributed by atoms with Gasteiger partial charge in [0, 0.05) is 39.3 Å². The number of allylic oxidation sites excluding steroid dienone is 1. The van der Waals surface area contributed by atoms with E-state index in [0.717, 1.165) is 37.2 Å². The summed E-state index contributed by atoms with van der Waals surface area (Å²) < 4.78 is 14.5. The Morgan fingerprint density at radius 2 is 2.06 bits per heavy atom. The molecule has 1 aliphatic carbocycles. The summed E-state index contributed by atoms with van der Waals surface area (Å²) in [5.41, 5.74) is 2.86. The van der Waals surface area contributed by atoms with Crippen molar-refractivity contribution in [1.29, 1.82) is 0 Å². The van der Waals surface area contributed by atoms with E-state index in [2.05, 4.69) is 31.2 Å². The Balaban J connectivity index is 1.40. The van der Waals surface area contributed by atoms with Crippen molar-refractivity contribution in [3.05, 3.63) is 57.8 Å². The van der Waals surface area contributed by atoms with E-state index >= 15 is 0 Å². The Morgan fingerprint density at radius 3 is 2.71 bits per heavy atom. The number of carbonyl (C=O) groups excluding carboxylic acids is 1. The zero-order chi connectivity index (χ0) is 22.0. The predicted molar refractivity (Wildman–Crippen MR) is 117 cm³/mol. The number of hydrogen-bond donors (Lipinski definition) is 2. The summed E-state index contributed by atoms with van der Waals surface area (Å²) in [7, 11) is 1.49. The maximum Gasteiger partial charge on any atom is 0.270 e. The number of aryl methyl sites for hydroxylation is 1. The molecule has 1 fully saturated rings. The van der Waals surface area contributed by atoms with Gasteiger partial charge in [0.25, 0.3) is 11.5 Å². The Morgan fingerprint density at radius 1 is 1.29 bits per heavy atom. The lowest BCUT2D eigenvalue weighted by molar-refractivity contribution is 0.0957. The Kier molecular flexibility index (Phi) is 6.13. The van der Waals surface area contributed by atoms with Crippen molar-refractivity contribution >= 4 is 17.2 Å². The second-order valence-electron chi connectivity index (χ2n) is 7.83. The topological polar surface area (TPSA) is 94.2 Å². The molecule has 1 aliphatic heterocycles. The average Bonchev–Trinajstić information content (AvgIpc) is 3.29. The number of pyridine rings is 1. The number of aromatic amines is 1. The monoisotopic (exact) mass is 426 g/mol. The molecule has 1 amide bonds. The number of anilines is 1. The van der Waals surface area contributed by atoms with Crippen LogP contribution in [0.1, 0.15) is 41.6 Å². The van der Waals surface area contributed by atoms with Gasteiger partial charge in [-0.15, -0.1) is 0 Å². The summed E-state index contributed by atoms with van der Waals surface area (Å²) in [6, 6.07) is 3.47. The summed E-state index contributed by atoms with van der Waals surface area (Å²) in [6.45, 7) is 4.88. The first-order valence-corrected chi connectivity index (χ1v) is 10.7. The number of piperazine rings is 1. The third kappa shape index (κ3) is 4.36. The normalized spacial score (nSPS) is 19.4. The molecule has 1 unspecified atom stereocenters. The van der Waals surface area contributed by atoms with Crippen LogP contribution >= 0.6 is 0 Å². The van der Waals surface area contributed by atoms with E-state index in [9.17, 15) is 14.0 Å². The van der Waals surface area contributed by atoms with E-state index in [4.69, 9.17) is 0 Å². The van der Waals surface area contributed by atoms with Gasteiger partial charge in [0.05, 0.1) is 17.6 Å². The van der Waals surface area contributed by atoms with Crippen LogP contribution in [0.2, 0.25) is 0 Å². The zero-order valence-corrected chi connectivity index (χ0v) is 17.8. The van der Waals surface area contributed by atoms with Crippen LogP contribution in [-0.4, -0.2) is 65.0 Å². The van der Waals surface area contributed by atoms with E-state index in [1.165, 1.54) is 7.05 Å². The quantitative estimate of drug-likeness (QED) is 0.706. The largest absolute Gasteiger partial charge is 0.365 e. The van der Waals surface area contributed by atoms with Gasteiger partial charge >= 0.3 is 0 Å². The van der Waals surface area contributed by atoms with Crippen molar-refractivity contribution in [2.75, 3.05) is 38.1 Å². The highest BCUT2D eigenvalue weighted by Gasteiger charge is 2.28.